The summed E-state index contributed by atoms with van der Waals surface area (Å²) >= 11 is 2.21. The second-order valence-corrected chi connectivity index (χ2v) is 11.8. The van der Waals surface area contributed by atoms with Crippen LogP contribution in [0.2, 0.25) is 0 Å². The summed E-state index contributed by atoms with van der Waals surface area (Å²) in [5.41, 5.74) is 1.96. The van der Waals surface area contributed by atoms with Crippen LogP contribution in [0.4, 0.5) is 0 Å². The average molecular weight is 390 g/mol. The molecule has 7 atom stereocenters. The Kier molecular flexibility index (Phi) is 5.57. The number of carbonyl (C=O) groups excluding carboxylic acids is 1. The predicted molar refractivity (Wildman–Crippen MR) is 116 cm³/mol. The Morgan fingerprint density at radius 2 is 2.00 bits per heavy atom. The highest BCUT2D eigenvalue weighted by molar-refractivity contribution is 7.99. The lowest BCUT2D eigenvalue weighted by Gasteiger charge is -2.61. The fourth-order valence-corrected chi connectivity index (χ4v) is 8.89. The van der Waals surface area contributed by atoms with Gasteiger partial charge in [0.15, 0.2) is 0 Å². The molecule has 0 aromatic heterocycles. The summed E-state index contributed by atoms with van der Waals surface area (Å²) in [6, 6.07) is 0. The van der Waals surface area contributed by atoms with E-state index in [4.69, 9.17) is 0 Å². The van der Waals surface area contributed by atoms with Crippen LogP contribution >= 0.6 is 11.8 Å². The Morgan fingerprint density at radius 3 is 2.78 bits per heavy atom. The Balaban J connectivity index is 1.48. The van der Waals surface area contributed by atoms with Crippen LogP contribution in [0.1, 0.15) is 71.6 Å². The van der Waals surface area contributed by atoms with Crippen LogP contribution in [0.5, 0.6) is 0 Å². The van der Waals surface area contributed by atoms with Crippen molar-refractivity contribution in [3.8, 4) is 0 Å². The zero-order valence-corrected chi connectivity index (χ0v) is 18.5. The Labute approximate surface area is 170 Å². The monoisotopic (exact) mass is 389 g/mol. The molecule has 4 aliphatic rings. The molecule has 0 aromatic rings. The molecule has 27 heavy (non-hydrogen) atoms. The van der Waals surface area contributed by atoms with E-state index in [0.29, 0.717) is 17.1 Å². The summed E-state index contributed by atoms with van der Waals surface area (Å²) < 4.78 is 0. The van der Waals surface area contributed by atoms with Gasteiger partial charge in [0, 0.05) is 17.1 Å². The second-order valence-electron chi connectivity index (χ2n) is 10.4. The molecular formula is C24H39NOS. The highest BCUT2D eigenvalue weighted by atomic mass is 32.2. The van der Waals surface area contributed by atoms with Crippen LogP contribution in [0, 0.1) is 34.5 Å². The summed E-state index contributed by atoms with van der Waals surface area (Å²) in [7, 11) is 2.05. The number of allylic oxidation sites excluding steroid dienone is 1. The lowest BCUT2D eigenvalue weighted by Crippen LogP contribution is -2.54. The quantitative estimate of drug-likeness (QED) is 0.499. The topological polar surface area (TPSA) is 29.1 Å². The van der Waals surface area contributed by atoms with Gasteiger partial charge in [-0.3, -0.25) is 4.79 Å². The third kappa shape index (κ3) is 3.25. The van der Waals surface area contributed by atoms with Gasteiger partial charge < -0.3 is 5.32 Å². The van der Waals surface area contributed by atoms with E-state index in [-0.39, 0.29) is 5.41 Å². The van der Waals surface area contributed by atoms with E-state index in [1.807, 2.05) is 7.05 Å². The summed E-state index contributed by atoms with van der Waals surface area (Å²) in [4.78, 5) is 12.6. The number of nitrogens with one attached hydrogen (secondary N) is 1. The molecule has 0 amide bonds. The molecule has 4 saturated carbocycles. The fourth-order valence-electron chi connectivity index (χ4n) is 7.63. The molecule has 0 spiro atoms. The molecule has 4 rings (SSSR count). The third-order valence-electron chi connectivity index (χ3n) is 9.21. The highest BCUT2D eigenvalue weighted by Gasteiger charge is 2.60. The van der Waals surface area contributed by atoms with Gasteiger partial charge in [-0.25, -0.2) is 0 Å². The lowest BCUT2D eigenvalue weighted by molar-refractivity contribution is -0.135. The molecule has 2 nitrogen and oxygen atoms in total. The van der Waals surface area contributed by atoms with Crippen LogP contribution in [-0.4, -0.2) is 30.4 Å². The van der Waals surface area contributed by atoms with Gasteiger partial charge in [0.25, 0.3) is 0 Å². The first-order valence-electron chi connectivity index (χ1n) is 11.4. The first kappa shape index (κ1) is 20.0. The van der Waals surface area contributed by atoms with Crippen molar-refractivity contribution in [2.24, 2.45) is 34.5 Å². The maximum atomic E-state index is 12.6. The van der Waals surface area contributed by atoms with Gasteiger partial charge in [-0.05, 0) is 99.8 Å². The molecule has 4 aliphatic carbocycles. The van der Waals surface area contributed by atoms with E-state index in [1.54, 1.807) is 0 Å². The molecule has 0 aliphatic heterocycles. The number of carbonyl (C=O) groups is 1. The zero-order chi connectivity index (χ0) is 19.2. The summed E-state index contributed by atoms with van der Waals surface area (Å²) in [6.07, 6.45) is 11.0. The fraction of sp³-hybridized carbons (Fsp3) is 0.875. The Hall–Kier alpha value is -0.280. The van der Waals surface area contributed by atoms with Crippen molar-refractivity contribution in [1.82, 2.24) is 5.32 Å². The summed E-state index contributed by atoms with van der Waals surface area (Å²) in [5, 5.41) is 4.10. The van der Waals surface area contributed by atoms with Gasteiger partial charge in [0.1, 0.15) is 5.78 Å². The molecule has 0 radical (unpaired) electrons. The average Bonchev–Trinajstić information content (AvgIpc) is 2.95. The first-order chi connectivity index (χ1) is 12.9. The van der Waals surface area contributed by atoms with Gasteiger partial charge in [-0.1, -0.05) is 26.0 Å². The Bertz CT molecular complexity index is 603. The van der Waals surface area contributed by atoms with E-state index in [1.165, 1.54) is 49.9 Å². The van der Waals surface area contributed by atoms with Crippen molar-refractivity contribution in [2.75, 3.05) is 19.3 Å². The number of hydrogen-bond donors (Lipinski definition) is 1. The van der Waals surface area contributed by atoms with E-state index in [0.717, 1.165) is 48.8 Å². The van der Waals surface area contributed by atoms with E-state index < -0.39 is 0 Å². The number of hydrogen-bond acceptors (Lipinski definition) is 3. The molecule has 0 heterocycles. The molecule has 1 unspecified atom stereocenters. The molecule has 0 aromatic carbocycles. The van der Waals surface area contributed by atoms with Crippen molar-refractivity contribution in [3.63, 3.8) is 0 Å². The largest absolute Gasteiger partial charge is 0.320 e. The standard InChI is InChI=1S/C24H39NOS/c1-16-14-18-19-6-7-22(26)24(19,3)11-9-20(18)23(2)10-8-17(15-21(16)23)27-13-5-12-25-4/h17-21,25H,1,5-15H2,2-4H3/t17-,18+,19+,20+,21?,23-,24+/m1/s1. The van der Waals surface area contributed by atoms with Crippen LogP contribution in [-0.2, 0) is 4.79 Å². The van der Waals surface area contributed by atoms with Crippen molar-refractivity contribution >= 4 is 17.5 Å². The predicted octanol–water partition coefficient (Wildman–Crippen LogP) is 5.48. The number of Topliss-reactive ketones (excluding diaryl/α,β-unsaturated/α-hetero) is 1. The van der Waals surface area contributed by atoms with Crippen LogP contribution in [0.15, 0.2) is 12.2 Å². The number of fused-ring (bicyclic) bond motifs is 5. The second kappa shape index (κ2) is 7.52. The van der Waals surface area contributed by atoms with Crippen molar-refractivity contribution in [2.45, 2.75) is 76.9 Å². The molecule has 1 N–H and O–H groups in total. The minimum atomic E-state index is -0.00892. The molecule has 0 bridgehead atoms. The number of thioether (sulfide) groups is 1. The smallest absolute Gasteiger partial charge is 0.139 e. The maximum Gasteiger partial charge on any atom is 0.139 e. The zero-order valence-electron chi connectivity index (χ0n) is 17.7. The minimum absolute atomic E-state index is 0.00892. The first-order valence-corrected chi connectivity index (χ1v) is 12.4. The van der Waals surface area contributed by atoms with Gasteiger partial charge in [0.2, 0.25) is 0 Å². The van der Waals surface area contributed by atoms with Crippen LogP contribution in [0.25, 0.3) is 0 Å². The molecule has 4 fully saturated rings. The van der Waals surface area contributed by atoms with Crippen molar-refractivity contribution in [3.05, 3.63) is 12.2 Å². The molecule has 152 valence electrons. The minimum Gasteiger partial charge on any atom is -0.320 e. The van der Waals surface area contributed by atoms with Crippen LogP contribution < -0.4 is 5.32 Å². The van der Waals surface area contributed by atoms with E-state index in [9.17, 15) is 4.79 Å². The van der Waals surface area contributed by atoms with Gasteiger partial charge >= 0.3 is 0 Å². The van der Waals surface area contributed by atoms with Crippen molar-refractivity contribution < 1.29 is 4.79 Å². The lowest BCUT2D eigenvalue weighted by atomic mass is 9.44. The summed E-state index contributed by atoms with van der Waals surface area (Å²) in [5.74, 6) is 4.75. The third-order valence-corrected chi connectivity index (χ3v) is 10.6. The maximum absolute atomic E-state index is 12.6. The molecule has 3 heteroatoms. The van der Waals surface area contributed by atoms with E-state index >= 15 is 0 Å². The van der Waals surface area contributed by atoms with Crippen LogP contribution in [0.3, 0.4) is 0 Å². The van der Waals surface area contributed by atoms with E-state index in [2.05, 4.69) is 37.5 Å². The highest BCUT2D eigenvalue weighted by Crippen LogP contribution is 2.66. The summed E-state index contributed by atoms with van der Waals surface area (Å²) in [6.45, 7) is 10.7. The van der Waals surface area contributed by atoms with Gasteiger partial charge in [-0.2, -0.15) is 11.8 Å². The van der Waals surface area contributed by atoms with Gasteiger partial charge in [-0.15, -0.1) is 0 Å². The number of rotatable bonds is 5. The molecule has 0 saturated heterocycles. The molecular weight excluding hydrogens is 350 g/mol. The van der Waals surface area contributed by atoms with Gasteiger partial charge in [0.05, 0.1) is 0 Å². The Morgan fingerprint density at radius 1 is 1.19 bits per heavy atom. The SMILES string of the molecule is C=C1C[C@@H]2[C@H](CC[C@]3(C)C(=O)CC[C@@H]23)[C@@]2(C)CC[C@@H](SCCCNC)CC12. The van der Waals surface area contributed by atoms with Crippen molar-refractivity contribution in [1.29, 1.82) is 0 Å². The number of ketones is 1. The normalized spacial score (nSPS) is 46.7.